The van der Waals surface area contributed by atoms with E-state index in [0.717, 1.165) is 6.54 Å². The monoisotopic (exact) mass is 220 g/mol. The van der Waals surface area contributed by atoms with E-state index in [9.17, 15) is 5.11 Å². The van der Waals surface area contributed by atoms with Crippen molar-refractivity contribution in [2.24, 2.45) is 11.0 Å². The molecule has 0 radical (unpaired) electrons. The van der Waals surface area contributed by atoms with Gasteiger partial charge in [-0.1, -0.05) is 44.2 Å². The highest BCUT2D eigenvalue weighted by atomic mass is 16.3. The van der Waals surface area contributed by atoms with Crippen LogP contribution in [0.15, 0.2) is 35.4 Å². The highest BCUT2D eigenvalue weighted by Crippen LogP contribution is 2.10. The van der Waals surface area contributed by atoms with Crippen molar-refractivity contribution >= 4 is 5.90 Å². The van der Waals surface area contributed by atoms with Gasteiger partial charge < -0.3 is 5.11 Å². The van der Waals surface area contributed by atoms with Crippen molar-refractivity contribution < 1.29 is 9.70 Å². The van der Waals surface area contributed by atoms with Crippen molar-refractivity contribution in [1.82, 2.24) is 0 Å². The van der Waals surface area contributed by atoms with Gasteiger partial charge >= 0.3 is 0 Å². The molecule has 0 N–H and O–H groups in total. The van der Waals surface area contributed by atoms with Crippen LogP contribution in [0.25, 0.3) is 0 Å². The van der Waals surface area contributed by atoms with Gasteiger partial charge in [0.25, 0.3) is 0 Å². The van der Waals surface area contributed by atoms with Crippen LogP contribution in [0.5, 0.6) is 0 Å². The molecule has 88 valence electrons. The number of benzene rings is 1. The molecule has 16 heavy (non-hydrogen) atoms. The third kappa shape index (κ3) is 4.03. The quantitative estimate of drug-likeness (QED) is 0.328. The molecule has 0 aliphatic rings. The second kappa shape index (κ2) is 5.12. The van der Waals surface area contributed by atoms with E-state index in [4.69, 9.17) is 0 Å². The van der Waals surface area contributed by atoms with Crippen molar-refractivity contribution in [2.75, 3.05) is 14.1 Å². The van der Waals surface area contributed by atoms with Crippen LogP contribution in [0.3, 0.4) is 0 Å². The molecule has 0 aliphatic heterocycles. The first-order chi connectivity index (χ1) is 7.41. The fraction of sp³-hybridized carbons (Fsp3) is 0.462. The molecule has 0 bridgehead atoms. The summed E-state index contributed by atoms with van der Waals surface area (Å²) in [6.45, 7) is 4.47. The number of nitrogens with zero attached hydrogens (tertiary/aromatic N) is 2. The minimum absolute atomic E-state index is 0.0341. The Balaban J connectivity index is 2.76. The molecule has 0 heterocycles. The lowest BCUT2D eigenvalue weighted by Crippen LogP contribution is -2.38. The smallest absolute Gasteiger partial charge is 0.128 e. The topological polar surface area (TPSA) is 35.4 Å². The lowest BCUT2D eigenvalue weighted by Gasteiger charge is -2.26. The van der Waals surface area contributed by atoms with Crippen LogP contribution in [-0.4, -0.2) is 24.6 Å². The maximum absolute atomic E-state index is 11.6. The Morgan fingerprint density at radius 1 is 1.25 bits per heavy atom. The molecule has 0 unspecified atom stereocenters. The minimum Gasteiger partial charge on any atom is -0.858 e. The standard InChI is InChI=1S/C13H20N2O/c1-11(2)13(16)14-15(3,4)10-12-8-6-5-7-9-12/h5-9,11H,10H2,1-4H3. The van der Waals surface area contributed by atoms with Gasteiger partial charge in [0.2, 0.25) is 0 Å². The summed E-state index contributed by atoms with van der Waals surface area (Å²) in [5.41, 5.74) is 1.19. The van der Waals surface area contributed by atoms with Crippen LogP contribution in [0.4, 0.5) is 0 Å². The summed E-state index contributed by atoms with van der Waals surface area (Å²) in [5, 5.41) is 15.8. The summed E-state index contributed by atoms with van der Waals surface area (Å²) in [5.74, 6) is -0.0749. The lowest BCUT2D eigenvalue weighted by atomic mass is 10.2. The molecule has 0 spiro atoms. The predicted octanol–water partition coefficient (Wildman–Crippen LogP) is 1.59. The summed E-state index contributed by atoms with van der Waals surface area (Å²) in [6, 6.07) is 10.1. The van der Waals surface area contributed by atoms with Crippen LogP contribution in [-0.2, 0) is 6.54 Å². The first kappa shape index (κ1) is 12.7. The molecule has 0 atom stereocenters. The Morgan fingerprint density at radius 3 is 2.31 bits per heavy atom. The van der Waals surface area contributed by atoms with Crippen molar-refractivity contribution in [3.63, 3.8) is 0 Å². The number of quaternary nitrogens is 1. The fourth-order valence-corrected chi connectivity index (χ4v) is 1.45. The molecule has 0 amide bonds. The van der Waals surface area contributed by atoms with E-state index < -0.39 is 0 Å². The minimum atomic E-state index is -0.0408. The van der Waals surface area contributed by atoms with Gasteiger partial charge in [0.1, 0.15) is 6.54 Å². The van der Waals surface area contributed by atoms with E-state index in [1.54, 1.807) is 0 Å². The predicted molar refractivity (Wildman–Crippen MR) is 64.5 cm³/mol. The third-order valence-corrected chi connectivity index (χ3v) is 2.28. The van der Waals surface area contributed by atoms with Crippen molar-refractivity contribution in [3.8, 4) is 0 Å². The summed E-state index contributed by atoms with van der Waals surface area (Å²) >= 11 is 0. The second-order valence-electron chi connectivity index (χ2n) is 4.86. The van der Waals surface area contributed by atoms with E-state index in [1.165, 1.54) is 5.56 Å². The molecule has 1 aromatic rings. The Labute approximate surface area is 97.6 Å². The maximum Gasteiger partial charge on any atom is 0.128 e. The van der Waals surface area contributed by atoms with Crippen LogP contribution in [0.1, 0.15) is 19.4 Å². The first-order valence-corrected chi connectivity index (χ1v) is 5.55. The molecule has 3 heteroatoms. The molecular weight excluding hydrogens is 200 g/mol. The number of hydrogen-bond donors (Lipinski definition) is 0. The average Bonchev–Trinajstić information content (AvgIpc) is 2.17. The Morgan fingerprint density at radius 2 is 1.81 bits per heavy atom. The molecule has 3 nitrogen and oxygen atoms in total. The zero-order valence-electron chi connectivity index (χ0n) is 10.5. The molecule has 1 rings (SSSR count). The van der Waals surface area contributed by atoms with Gasteiger partial charge in [-0.15, -0.1) is 5.10 Å². The third-order valence-electron chi connectivity index (χ3n) is 2.28. The van der Waals surface area contributed by atoms with E-state index in [-0.39, 0.29) is 11.8 Å². The van der Waals surface area contributed by atoms with Gasteiger partial charge in [-0.2, -0.15) is 4.59 Å². The highest BCUT2D eigenvalue weighted by Gasteiger charge is 2.15. The van der Waals surface area contributed by atoms with Crippen LogP contribution in [0, 0.1) is 5.92 Å². The summed E-state index contributed by atoms with van der Waals surface area (Å²) < 4.78 is 0.348. The summed E-state index contributed by atoms with van der Waals surface area (Å²) in [7, 11) is 3.88. The van der Waals surface area contributed by atoms with Crippen molar-refractivity contribution in [3.05, 3.63) is 35.9 Å². The molecule has 0 aliphatic carbocycles. The van der Waals surface area contributed by atoms with Crippen molar-refractivity contribution in [1.29, 1.82) is 0 Å². The van der Waals surface area contributed by atoms with E-state index >= 15 is 0 Å². The molecule has 0 saturated carbocycles. The maximum atomic E-state index is 11.6. The first-order valence-electron chi connectivity index (χ1n) is 5.55. The van der Waals surface area contributed by atoms with Crippen LogP contribution >= 0.6 is 0 Å². The number of rotatable bonds is 4. The van der Waals surface area contributed by atoms with Gasteiger partial charge in [-0.3, -0.25) is 0 Å². The SMILES string of the molecule is CC(C)/C([O-])=N/[N+](C)(C)Cc1ccccc1. The number of hydrogen-bond acceptors (Lipinski definition) is 2. The van der Waals surface area contributed by atoms with Gasteiger partial charge in [0, 0.05) is 11.5 Å². The molecule has 1 aromatic carbocycles. The Bertz CT molecular complexity index is 355. The Kier molecular flexibility index (Phi) is 4.07. The van der Waals surface area contributed by atoms with Gasteiger partial charge in [0.15, 0.2) is 0 Å². The van der Waals surface area contributed by atoms with E-state index in [0.29, 0.717) is 4.59 Å². The van der Waals surface area contributed by atoms with Crippen molar-refractivity contribution in [2.45, 2.75) is 20.4 Å². The Hall–Kier alpha value is -1.35. The zero-order valence-corrected chi connectivity index (χ0v) is 10.5. The normalized spacial score (nSPS) is 13.2. The molecule has 0 saturated heterocycles. The van der Waals surface area contributed by atoms with Gasteiger partial charge in [-0.25, -0.2) is 0 Å². The summed E-state index contributed by atoms with van der Waals surface area (Å²) in [4.78, 5) is 0. The largest absolute Gasteiger partial charge is 0.858 e. The van der Waals surface area contributed by atoms with Crippen LogP contribution in [0.2, 0.25) is 0 Å². The summed E-state index contributed by atoms with van der Waals surface area (Å²) in [6.07, 6.45) is 0. The van der Waals surface area contributed by atoms with Crippen LogP contribution < -0.4 is 5.11 Å². The molecule has 0 fully saturated rings. The lowest BCUT2D eigenvalue weighted by molar-refractivity contribution is -0.911. The molecular formula is C13H20N2O. The van der Waals surface area contributed by atoms with E-state index in [2.05, 4.69) is 17.2 Å². The average molecular weight is 220 g/mol. The van der Waals surface area contributed by atoms with Gasteiger partial charge in [0.05, 0.1) is 14.1 Å². The molecule has 0 aromatic heterocycles. The zero-order chi connectivity index (χ0) is 12.2. The highest BCUT2D eigenvalue weighted by molar-refractivity contribution is 5.72. The fourth-order valence-electron chi connectivity index (χ4n) is 1.45. The van der Waals surface area contributed by atoms with Gasteiger partial charge in [-0.05, 0) is 5.92 Å². The second-order valence-corrected chi connectivity index (χ2v) is 4.86. The van der Waals surface area contributed by atoms with E-state index in [1.807, 2.05) is 46.1 Å².